The molecule has 0 aromatic rings. The summed E-state index contributed by atoms with van der Waals surface area (Å²) in [6, 6.07) is 0. The summed E-state index contributed by atoms with van der Waals surface area (Å²) in [5.74, 6) is 0. The van der Waals surface area contributed by atoms with Gasteiger partial charge in [-0.15, -0.1) is 0 Å². The SMILES string of the molecule is O=C(O)O.P.[CaH2].[CaH2]. The van der Waals surface area contributed by atoms with E-state index in [1.54, 1.807) is 0 Å². The summed E-state index contributed by atoms with van der Waals surface area (Å²) in [5, 5.41) is 13.9. The average molecular weight is 180 g/mol. The van der Waals surface area contributed by atoms with Gasteiger partial charge in [0, 0.05) is 0 Å². The molecular weight excluding hydrogens is 171 g/mol. The second-order valence-corrected chi connectivity index (χ2v) is 0.283. The monoisotopic (exact) mass is 180 g/mol. The van der Waals surface area contributed by atoms with Crippen LogP contribution in [0.3, 0.4) is 0 Å². The van der Waals surface area contributed by atoms with Crippen molar-refractivity contribution in [2.45, 2.75) is 0 Å². The van der Waals surface area contributed by atoms with Gasteiger partial charge in [0.2, 0.25) is 0 Å². The molecule has 0 spiro atoms. The number of carboxylic acid groups (broad SMARTS) is 2. The molecule has 0 heterocycles. The number of rotatable bonds is 0. The van der Waals surface area contributed by atoms with E-state index in [0.717, 1.165) is 0 Å². The summed E-state index contributed by atoms with van der Waals surface area (Å²) < 4.78 is 0. The molecule has 0 fully saturated rings. The van der Waals surface area contributed by atoms with E-state index in [9.17, 15) is 0 Å². The van der Waals surface area contributed by atoms with Crippen molar-refractivity contribution < 1.29 is 15.0 Å². The van der Waals surface area contributed by atoms with Crippen LogP contribution in [-0.2, 0) is 0 Å². The van der Waals surface area contributed by atoms with Crippen molar-refractivity contribution in [3.8, 4) is 0 Å². The van der Waals surface area contributed by atoms with Gasteiger partial charge in [-0.2, -0.15) is 9.90 Å². The summed E-state index contributed by atoms with van der Waals surface area (Å²) in [6.45, 7) is 0. The fourth-order valence-electron chi connectivity index (χ4n) is 0. The van der Waals surface area contributed by atoms with Crippen LogP contribution in [0.2, 0.25) is 0 Å². The van der Waals surface area contributed by atoms with Crippen LogP contribution in [-0.4, -0.2) is 91.8 Å². The third-order valence-corrected chi connectivity index (χ3v) is 0. The topological polar surface area (TPSA) is 57.5 Å². The molecule has 0 rings (SSSR count). The number of carbonyl (C=O) groups is 1. The number of hydrogen-bond donors (Lipinski definition) is 2. The van der Waals surface area contributed by atoms with E-state index >= 15 is 0 Å². The van der Waals surface area contributed by atoms with Crippen LogP contribution < -0.4 is 0 Å². The Kier molecular flexibility index (Phi) is 51.4. The summed E-state index contributed by atoms with van der Waals surface area (Å²) in [6.07, 6.45) is -1.83. The van der Waals surface area contributed by atoms with Crippen LogP contribution in [0.4, 0.5) is 4.79 Å². The minimum atomic E-state index is -1.83. The summed E-state index contributed by atoms with van der Waals surface area (Å²) >= 11 is 0. The molecule has 0 aliphatic heterocycles. The van der Waals surface area contributed by atoms with Crippen LogP contribution in [0.15, 0.2) is 0 Å². The Morgan fingerprint density at radius 3 is 1.14 bits per heavy atom. The first kappa shape index (κ1) is 22.9. The van der Waals surface area contributed by atoms with Gasteiger partial charge < -0.3 is 10.2 Å². The normalized spacial score (nSPS) is 3.43. The van der Waals surface area contributed by atoms with E-state index in [2.05, 4.69) is 0 Å². The van der Waals surface area contributed by atoms with Gasteiger partial charge in [0.1, 0.15) is 0 Å². The van der Waals surface area contributed by atoms with Crippen LogP contribution in [0.25, 0.3) is 0 Å². The maximum atomic E-state index is 8.56. The molecule has 0 radical (unpaired) electrons. The van der Waals surface area contributed by atoms with Crippen molar-refractivity contribution in [1.29, 1.82) is 0 Å². The molecule has 2 N–H and O–H groups in total. The zero-order chi connectivity index (χ0) is 3.58. The van der Waals surface area contributed by atoms with Crippen molar-refractivity contribution in [2.24, 2.45) is 0 Å². The molecule has 1 unspecified atom stereocenters. The fourth-order valence-corrected chi connectivity index (χ4v) is 0. The first-order chi connectivity index (χ1) is 1.73. The molecule has 0 bridgehead atoms. The average Bonchev–Trinajstić information content (AvgIpc) is 0.811. The Morgan fingerprint density at radius 1 is 1.14 bits per heavy atom. The molecule has 0 amide bonds. The van der Waals surface area contributed by atoms with Gasteiger partial charge in [-0.3, -0.25) is 0 Å². The molecular formula is CH9Ca2O3P. The van der Waals surface area contributed by atoms with E-state index in [1.807, 2.05) is 0 Å². The van der Waals surface area contributed by atoms with E-state index in [1.165, 1.54) is 0 Å². The first-order valence-corrected chi connectivity index (χ1v) is 0.651. The molecule has 0 aromatic carbocycles. The second kappa shape index (κ2) is 15.7. The van der Waals surface area contributed by atoms with Crippen LogP contribution in [0.5, 0.6) is 0 Å². The van der Waals surface area contributed by atoms with E-state index in [4.69, 9.17) is 15.0 Å². The standard InChI is InChI=1S/CH2O3.2Ca.H3P.4H/c2-1(3)4;;;;;;;/h(H2,2,3,4);;;1H3;;;;. The van der Waals surface area contributed by atoms with Crippen LogP contribution in [0, 0.1) is 0 Å². The molecule has 6 heteroatoms. The van der Waals surface area contributed by atoms with Crippen molar-refractivity contribution in [1.82, 2.24) is 0 Å². The maximum absolute atomic E-state index is 8.56. The van der Waals surface area contributed by atoms with E-state index < -0.39 is 6.16 Å². The molecule has 7 heavy (non-hydrogen) atoms. The third-order valence-electron chi connectivity index (χ3n) is 0. The first-order valence-electron chi connectivity index (χ1n) is 0.651. The van der Waals surface area contributed by atoms with Gasteiger partial charge >= 0.3 is 81.6 Å². The van der Waals surface area contributed by atoms with Gasteiger partial charge in [-0.25, -0.2) is 4.79 Å². The zero-order valence-electron chi connectivity index (χ0n) is 2.51. The Bertz CT molecular complexity index is 35.9. The van der Waals surface area contributed by atoms with Gasteiger partial charge in [-0.1, -0.05) is 0 Å². The number of hydrogen-bond acceptors (Lipinski definition) is 1. The predicted octanol–water partition coefficient (Wildman–Crippen LogP) is -1.55. The molecule has 1 atom stereocenters. The summed E-state index contributed by atoms with van der Waals surface area (Å²) in [4.78, 5) is 8.56. The quantitative estimate of drug-likeness (QED) is 0.350. The molecule has 0 saturated carbocycles. The van der Waals surface area contributed by atoms with Crippen molar-refractivity contribution in [2.75, 3.05) is 0 Å². The zero-order valence-corrected chi connectivity index (χ0v) is 3.92. The van der Waals surface area contributed by atoms with Crippen molar-refractivity contribution >= 4 is 91.5 Å². The van der Waals surface area contributed by atoms with Crippen molar-refractivity contribution in [3.05, 3.63) is 0 Å². The molecule has 0 aliphatic carbocycles. The Balaban J connectivity index is -0.0000000150. The van der Waals surface area contributed by atoms with Gasteiger partial charge in [0.05, 0.1) is 0 Å². The third kappa shape index (κ3) is 64.5. The minimum absolute atomic E-state index is 0. The molecule has 40 valence electrons. The van der Waals surface area contributed by atoms with E-state index in [0.29, 0.717) is 0 Å². The fraction of sp³-hybridized carbons (Fsp3) is 0. The van der Waals surface area contributed by atoms with Crippen LogP contribution >= 0.6 is 9.90 Å². The van der Waals surface area contributed by atoms with Gasteiger partial charge in [-0.05, 0) is 0 Å². The molecule has 0 saturated heterocycles. The molecule has 0 aliphatic rings. The summed E-state index contributed by atoms with van der Waals surface area (Å²) in [5.41, 5.74) is 0. The Morgan fingerprint density at radius 2 is 1.14 bits per heavy atom. The molecule has 0 aromatic heterocycles. The van der Waals surface area contributed by atoms with Gasteiger partial charge in [0.25, 0.3) is 0 Å². The van der Waals surface area contributed by atoms with Gasteiger partial charge in [0.15, 0.2) is 0 Å². The van der Waals surface area contributed by atoms with Crippen molar-refractivity contribution in [3.63, 3.8) is 0 Å². The second-order valence-electron chi connectivity index (χ2n) is 0.283. The predicted molar refractivity (Wildman–Crippen MR) is 38.8 cm³/mol. The van der Waals surface area contributed by atoms with E-state index in [-0.39, 0.29) is 85.4 Å². The summed E-state index contributed by atoms with van der Waals surface area (Å²) in [7, 11) is 0. The van der Waals surface area contributed by atoms with Crippen LogP contribution in [0.1, 0.15) is 0 Å². The molecule has 3 nitrogen and oxygen atoms in total. The Hall–Kier alpha value is 2.22. The Labute approximate surface area is 104 Å².